The SMILES string of the molecule is CC(C)(C)c1ccn(CF)c(=O)c1. The predicted molar refractivity (Wildman–Crippen MR) is 50.5 cm³/mol. The van der Waals surface area contributed by atoms with Crippen molar-refractivity contribution in [1.29, 1.82) is 0 Å². The lowest BCUT2D eigenvalue weighted by Crippen LogP contribution is -2.21. The van der Waals surface area contributed by atoms with Crippen LogP contribution in [-0.4, -0.2) is 4.57 Å². The summed E-state index contributed by atoms with van der Waals surface area (Å²) in [5, 5.41) is 0. The van der Waals surface area contributed by atoms with Crippen molar-refractivity contribution in [1.82, 2.24) is 4.57 Å². The van der Waals surface area contributed by atoms with Crippen molar-refractivity contribution in [2.75, 3.05) is 0 Å². The third kappa shape index (κ3) is 2.17. The number of aromatic nitrogens is 1. The monoisotopic (exact) mass is 183 g/mol. The lowest BCUT2D eigenvalue weighted by molar-refractivity contribution is 0.368. The summed E-state index contributed by atoms with van der Waals surface area (Å²) in [6.07, 6.45) is 1.49. The average Bonchev–Trinajstić information content (AvgIpc) is 2.02. The quantitative estimate of drug-likeness (QED) is 0.653. The number of nitrogens with zero attached hydrogens (tertiary/aromatic N) is 1. The summed E-state index contributed by atoms with van der Waals surface area (Å²) >= 11 is 0. The second-order valence-electron chi connectivity index (χ2n) is 4.09. The molecule has 0 atom stereocenters. The van der Waals surface area contributed by atoms with E-state index in [0.29, 0.717) is 0 Å². The Morgan fingerprint density at radius 1 is 1.46 bits per heavy atom. The fraction of sp³-hybridized carbons (Fsp3) is 0.500. The molecule has 0 N–H and O–H groups in total. The van der Waals surface area contributed by atoms with Gasteiger partial charge in [-0.1, -0.05) is 20.8 Å². The molecule has 0 bridgehead atoms. The van der Waals surface area contributed by atoms with Gasteiger partial charge in [-0.05, 0) is 17.0 Å². The van der Waals surface area contributed by atoms with Gasteiger partial charge in [-0.15, -0.1) is 0 Å². The highest BCUT2D eigenvalue weighted by molar-refractivity contribution is 5.19. The van der Waals surface area contributed by atoms with Gasteiger partial charge in [0.25, 0.3) is 5.56 Å². The van der Waals surface area contributed by atoms with E-state index in [1.807, 2.05) is 20.8 Å². The molecule has 1 rings (SSSR count). The van der Waals surface area contributed by atoms with Gasteiger partial charge in [0.15, 0.2) is 6.80 Å². The smallest absolute Gasteiger partial charge is 0.252 e. The van der Waals surface area contributed by atoms with Crippen LogP contribution in [0.5, 0.6) is 0 Å². The van der Waals surface area contributed by atoms with Gasteiger partial charge >= 0.3 is 0 Å². The van der Waals surface area contributed by atoms with E-state index in [4.69, 9.17) is 0 Å². The third-order valence-corrected chi connectivity index (χ3v) is 1.99. The molecule has 0 unspecified atom stereocenters. The first-order valence-corrected chi connectivity index (χ1v) is 4.22. The molecule has 0 aromatic carbocycles. The summed E-state index contributed by atoms with van der Waals surface area (Å²) in [4.78, 5) is 11.2. The topological polar surface area (TPSA) is 22.0 Å². The molecule has 0 aliphatic carbocycles. The molecule has 0 fully saturated rings. The molecule has 3 heteroatoms. The molecule has 0 aliphatic rings. The maximum Gasteiger partial charge on any atom is 0.252 e. The molecule has 0 amide bonds. The molecular weight excluding hydrogens is 169 g/mol. The number of hydrogen-bond acceptors (Lipinski definition) is 1. The first kappa shape index (κ1) is 9.96. The Morgan fingerprint density at radius 3 is 2.46 bits per heavy atom. The highest BCUT2D eigenvalue weighted by Gasteiger charge is 2.14. The van der Waals surface area contributed by atoms with Crippen LogP contribution in [0.3, 0.4) is 0 Å². The van der Waals surface area contributed by atoms with Crippen LogP contribution in [0.1, 0.15) is 26.3 Å². The zero-order valence-electron chi connectivity index (χ0n) is 8.17. The van der Waals surface area contributed by atoms with E-state index < -0.39 is 6.80 Å². The first-order chi connectivity index (χ1) is 5.95. The molecule has 2 nitrogen and oxygen atoms in total. The average molecular weight is 183 g/mol. The van der Waals surface area contributed by atoms with Crippen LogP contribution < -0.4 is 5.56 Å². The Bertz CT molecular complexity index is 349. The van der Waals surface area contributed by atoms with Crippen molar-refractivity contribution in [2.45, 2.75) is 33.0 Å². The van der Waals surface area contributed by atoms with Crippen molar-refractivity contribution in [3.63, 3.8) is 0 Å². The molecule has 13 heavy (non-hydrogen) atoms. The highest BCUT2D eigenvalue weighted by atomic mass is 19.1. The standard InChI is InChI=1S/C10H14FNO/c1-10(2,3)8-4-5-12(7-11)9(13)6-8/h4-6H,7H2,1-3H3. The molecule has 0 radical (unpaired) electrons. The summed E-state index contributed by atoms with van der Waals surface area (Å²) < 4.78 is 13.2. The maximum absolute atomic E-state index is 12.2. The van der Waals surface area contributed by atoms with Crippen LogP contribution in [0.4, 0.5) is 4.39 Å². The van der Waals surface area contributed by atoms with Crippen molar-refractivity contribution in [3.05, 3.63) is 34.2 Å². The molecular formula is C10H14FNO. The third-order valence-electron chi connectivity index (χ3n) is 1.99. The van der Waals surface area contributed by atoms with E-state index in [9.17, 15) is 9.18 Å². The Kier molecular flexibility index (Phi) is 2.55. The Morgan fingerprint density at radius 2 is 2.08 bits per heavy atom. The van der Waals surface area contributed by atoms with Crippen LogP contribution in [-0.2, 0) is 12.2 Å². The van der Waals surface area contributed by atoms with E-state index in [1.165, 1.54) is 12.3 Å². The van der Waals surface area contributed by atoms with Gasteiger partial charge in [-0.25, -0.2) is 4.39 Å². The summed E-state index contributed by atoms with van der Waals surface area (Å²) in [7, 11) is 0. The van der Waals surface area contributed by atoms with Gasteiger partial charge in [-0.2, -0.15) is 0 Å². The molecule has 0 saturated carbocycles. The van der Waals surface area contributed by atoms with E-state index >= 15 is 0 Å². The van der Waals surface area contributed by atoms with E-state index in [-0.39, 0.29) is 11.0 Å². The fourth-order valence-electron chi connectivity index (χ4n) is 1.07. The Labute approximate surface area is 77.0 Å². The van der Waals surface area contributed by atoms with Crippen molar-refractivity contribution in [2.24, 2.45) is 0 Å². The van der Waals surface area contributed by atoms with Crippen molar-refractivity contribution in [3.8, 4) is 0 Å². The second-order valence-corrected chi connectivity index (χ2v) is 4.09. The van der Waals surface area contributed by atoms with Gasteiger partial charge < -0.3 is 0 Å². The van der Waals surface area contributed by atoms with Crippen LogP contribution in [0.25, 0.3) is 0 Å². The lowest BCUT2D eigenvalue weighted by Gasteiger charge is -2.18. The van der Waals surface area contributed by atoms with Gasteiger partial charge in [0, 0.05) is 12.3 Å². The highest BCUT2D eigenvalue weighted by Crippen LogP contribution is 2.19. The van der Waals surface area contributed by atoms with Crippen LogP contribution in [0.15, 0.2) is 23.1 Å². The fourth-order valence-corrected chi connectivity index (χ4v) is 1.07. The zero-order valence-corrected chi connectivity index (χ0v) is 8.17. The molecule has 0 aliphatic heterocycles. The lowest BCUT2D eigenvalue weighted by atomic mass is 9.88. The number of pyridine rings is 1. The van der Waals surface area contributed by atoms with Gasteiger partial charge in [-0.3, -0.25) is 9.36 Å². The van der Waals surface area contributed by atoms with Crippen molar-refractivity contribution < 1.29 is 4.39 Å². The van der Waals surface area contributed by atoms with Gasteiger partial charge in [0.05, 0.1) is 0 Å². The summed E-state index contributed by atoms with van der Waals surface area (Å²) in [6, 6.07) is 3.26. The number of halogens is 1. The molecule has 72 valence electrons. The molecule has 1 heterocycles. The summed E-state index contributed by atoms with van der Waals surface area (Å²) in [6.45, 7) is 5.29. The van der Waals surface area contributed by atoms with E-state index in [2.05, 4.69) is 0 Å². The van der Waals surface area contributed by atoms with Crippen LogP contribution in [0.2, 0.25) is 0 Å². The van der Waals surface area contributed by atoms with Crippen molar-refractivity contribution >= 4 is 0 Å². The minimum absolute atomic E-state index is 0.0609. The maximum atomic E-state index is 12.2. The molecule has 1 aromatic rings. The molecule has 0 spiro atoms. The zero-order chi connectivity index (χ0) is 10.1. The van der Waals surface area contributed by atoms with Gasteiger partial charge in [0.1, 0.15) is 0 Å². The minimum atomic E-state index is -0.761. The van der Waals surface area contributed by atoms with Crippen LogP contribution in [0, 0.1) is 0 Å². The Hall–Kier alpha value is -1.12. The summed E-state index contributed by atoms with van der Waals surface area (Å²) in [5.74, 6) is 0. The van der Waals surface area contributed by atoms with E-state index in [1.54, 1.807) is 6.07 Å². The first-order valence-electron chi connectivity index (χ1n) is 4.22. The number of hydrogen-bond donors (Lipinski definition) is 0. The Balaban J connectivity index is 3.18. The number of rotatable bonds is 1. The minimum Gasteiger partial charge on any atom is -0.287 e. The molecule has 0 saturated heterocycles. The number of alkyl halides is 1. The van der Waals surface area contributed by atoms with E-state index in [0.717, 1.165) is 10.1 Å². The largest absolute Gasteiger partial charge is 0.287 e. The van der Waals surface area contributed by atoms with Crippen LogP contribution >= 0.6 is 0 Å². The normalized spacial score (nSPS) is 11.7. The molecule has 1 aromatic heterocycles. The second kappa shape index (κ2) is 3.32. The van der Waals surface area contributed by atoms with Gasteiger partial charge in [0.2, 0.25) is 0 Å². The predicted octanol–water partition coefficient (Wildman–Crippen LogP) is 2.07. The summed E-state index contributed by atoms with van der Waals surface area (Å²) in [5.41, 5.74) is 0.589.